The summed E-state index contributed by atoms with van der Waals surface area (Å²) in [7, 11) is 3.80. The summed E-state index contributed by atoms with van der Waals surface area (Å²) in [5.74, 6) is -1.21. The maximum absolute atomic E-state index is 14.2. The number of pyridine rings is 1. The number of ketones is 2. The number of carbonyl (C=O) groups is 2. The average Bonchev–Trinajstić information content (AvgIpc) is 2.53. The van der Waals surface area contributed by atoms with Crippen molar-refractivity contribution in [1.82, 2.24) is 9.88 Å². The number of anilines is 1. The molecule has 0 unspecified atom stereocenters. The van der Waals surface area contributed by atoms with Crippen molar-refractivity contribution in [2.75, 3.05) is 32.5 Å². The van der Waals surface area contributed by atoms with E-state index in [0.717, 1.165) is 0 Å². The second kappa shape index (κ2) is 5.89. The predicted molar refractivity (Wildman–Crippen MR) is 84.5 cm³/mol. The third-order valence-corrected chi connectivity index (χ3v) is 3.80. The number of carbonyl (C=O) groups excluding carboxylic acids is 2. The molecule has 6 heteroatoms. The topological polar surface area (TPSA) is 62.3 Å². The van der Waals surface area contributed by atoms with Crippen molar-refractivity contribution in [3.05, 3.63) is 58.7 Å². The number of hydrogen-bond acceptors (Lipinski definition) is 5. The van der Waals surface area contributed by atoms with Crippen molar-refractivity contribution in [3.63, 3.8) is 0 Å². The SMILES string of the molecule is CN(C)CCNc1c(F)ccc2c1C(=O)c1cnccc1C2=O. The van der Waals surface area contributed by atoms with Gasteiger partial charge in [-0.15, -0.1) is 0 Å². The number of rotatable bonds is 4. The summed E-state index contributed by atoms with van der Waals surface area (Å²) in [6.45, 7) is 1.13. The van der Waals surface area contributed by atoms with Crippen molar-refractivity contribution in [2.45, 2.75) is 0 Å². The molecule has 0 aliphatic heterocycles. The van der Waals surface area contributed by atoms with Crippen LogP contribution in [0.25, 0.3) is 0 Å². The number of fused-ring (bicyclic) bond motifs is 2. The molecule has 2 aromatic rings. The Kier molecular flexibility index (Phi) is 3.92. The lowest BCUT2D eigenvalue weighted by molar-refractivity contribution is 0.0979. The molecule has 0 saturated carbocycles. The van der Waals surface area contributed by atoms with Gasteiger partial charge in [0, 0.05) is 36.6 Å². The van der Waals surface area contributed by atoms with Gasteiger partial charge < -0.3 is 10.2 Å². The largest absolute Gasteiger partial charge is 0.381 e. The van der Waals surface area contributed by atoms with Crippen LogP contribution in [-0.2, 0) is 0 Å². The van der Waals surface area contributed by atoms with Crippen LogP contribution in [-0.4, -0.2) is 48.6 Å². The molecule has 0 fully saturated rings. The molecule has 5 nitrogen and oxygen atoms in total. The molecule has 0 radical (unpaired) electrons. The number of benzene rings is 1. The molecule has 1 aromatic heterocycles. The van der Waals surface area contributed by atoms with Gasteiger partial charge in [-0.25, -0.2) is 4.39 Å². The maximum atomic E-state index is 14.2. The highest BCUT2D eigenvalue weighted by Crippen LogP contribution is 2.33. The van der Waals surface area contributed by atoms with Gasteiger partial charge in [0.05, 0.1) is 16.8 Å². The van der Waals surface area contributed by atoms with Gasteiger partial charge >= 0.3 is 0 Å². The molecule has 3 rings (SSSR count). The van der Waals surface area contributed by atoms with E-state index < -0.39 is 5.82 Å². The first kappa shape index (κ1) is 15.3. The summed E-state index contributed by atoms with van der Waals surface area (Å²) < 4.78 is 14.2. The minimum Gasteiger partial charge on any atom is -0.381 e. The van der Waals surface area contributed by atoms with E-state index in [1.165, 1.54) is 30.6 Å². The standard InChI is InChI=1S/C17H16FN3O2/c1-21(2)8-7-20-15-13(18)4-3-11-14(15)17(23)12-9-19-6-5-10(12)16(11)22/h3-6,9,20H,7-8H2,1-2H3. The van der Waals surface area contributed by atoms with E-state index in [1.54, 1.807) is 0 Å². The van der Waals surface area contributed by atoms with Crippen molar-refractivity contribution in [1.29, 1.82) is 0 Å². The molecule has 0 bridgehead atoms. The normalized spacial score (nSPS) is 13.0. The summed E-state index contributed by atoms with van der Waals surface area (Å²) in [4.78, 5) is 31.1. The Balaban J connectivity index is 2.08. The van der Waals surface area contributed by atoms with Crippen LogP contribution in [0.2, 0.25) is 0 Å². The second-order valence-electron chi connectivity index (χ2n) is 5.65. The van der Waals surface area contributed by atoms with Crippen molar-refractivity contribution in [3.8, 4) is 0 Å². The Hall–Kier alpha value is -2.60. The lowest BCUT2D eigenvalue weighted by atomic mass is 9.84. The zero-order valence-electron chi connectivity index (χ0n) is 12.9. The first-order chi connectivity index (χ1) is 11.0. The third kappa shape index (κ3) is 2.61. The van der Waals surface area contributed by atoms with Gasteiger partial charge in [-0.1, -0.05) is 0 Å². The molecule has 0 saturated heterocycles. The molecule has 23 heavy (non-hydrogen) atoms. The van der Waals surface area contributed by atoms with E-state index >= 15 is 0 Å². The lowest BCUT2D eigenvalue weighted by Crippen LogP contribution is -2.26. The van der Waals surface area contributed by atoms with Gasteiger partial charge in [0.1, 0.15) is 5.82 Å². The van der Waals surface area contributed by atoms with Crippen LogP contribution < -0.4 is 5.32 Å². The summed E-state index contributed by atoms with van der Waals surface area (Å²) in [5.41, 5.74) is 0.920. The fourth-order valence-corrected chi connectivity index (χ4v) is 2.63. The van der Waals surface area contributed by atoms with Crippen molar-refractivity contribution < 1.29 is 14.0 Å². The first-order valence-corrected chi connectivity index (χ1v) is 7.25. The summed E-state index contributed by atoms with van der Waals surface area (Å²) in [5, 5.41) is 2.94. The Morgan fingerprint density at radius 1 is 1.09 bits per heavy atom. The van der Waals surface area contributed by atoms with Crippen LogP contribution in [0.3, 0.4) is 0 Å². The van der Waals surface area contributed by atoms with E-state index in [-0.39, 0.29) is 33.9 Å². The van der Waals surface area contributed by atoms with E-state index in [1.807, 2.05) is 19.0 Å². The highest BCUT2D eigenvalue weighted by Gasteiger charge is 2.33. The van der Waals surface area contributed by atoms with E-state index in [4.69, 9.17) is 0 Å². The number of halogens is 1. The number of nitrogens with zero attached hydrogens (tertiary/aromatic N) is 2. The van der Waals surface area contributed by atoms with Crippen molar-refractivity contribution in [2.24, 2.45) is 0 Å². The van der Waals surface area contributed by atoms with Crippen LogP contribution in [0.1, 0.15) is 31.8 Å². The highest BCUT2D eigenvalue weighted by atomic mass is 19.1. The average molecular weight is 313 g/mol. The molecule has 1 aliphatic carbocycles. The summed E-state index contributed by atoms with van der Waals surface area (Å²) >= 11 is 0. The van der Waals surface area contributed by atoms with Crippen LogP contribution in [0, 0.1) is 5.82 Å². The number of nitrogens with one attached hydrogen (secondary N) is 1. The molecular weight excluding hydrogens is 297 g/mol. The number of hydrogen-bond donors (Lipinski definition) is 1. The quantitative estimate of drug-likeness (QED) is 0.798. The van der Waals surface area contributed by atoms with Gasteiger partial charge in [-0.3, -0.25) is 14.6 Å². The number of aromatic nitrogens is 1. The van der Waals surface area contributed by atoms with Crippen LogP contribution in [0.15, 0.2) is 30.6 Å². The van der Waals surface area contributed by atoms with E-state index in [2.05, 4.69) is 10.3 Å². The summed E-state index contributed by atoms with van der Waals surface area (Å²) in [6, 6.07) is 4.10. The Morgan fingerprint density at radius 3 is 2.61 bits per heavy atom. The molecule has 118 valence electrons. The zero-order chi connectivity index (χ0) is 16.6. The maximum Gasteiger partial charge on any atom is 0.198 e. The fraction of sp³-hybridized carbons (Fsp3) is 0.235. The fourth-order valence-electron chi connectivity index (χ4n) is 2.63. The Morgan fingerprint density at radius 2 is 1.87 bits per heavy atom. The Bertz CT molecular complexity index is 802. The first-order valence-electron chi connectivity index (χ1n) is 7.25. The van der Waals surface area contributed by atoms with Gasteiger partial charge in [0.2, 0.25) is 0 Å². The van der Waals surface area contributed by atoms with Crippen LogP contribution >= 0.6 is 0 Å². The summed E-state index contributed by atoms with van der Waals surface area (Å²) in [6.07, 6.45) is 2.82. The zero-order valence-corrected chi connectivity index (χ0v) is 12.9. The molecular formula is C17H16FN3O2. The van der Waals surface area contributed by atoms with Gasteiger partial charge in [-0.2, -0.15) is 0 Å². The van der Waals surface area contributed by atoms with E-state index in [0.29, 0.717) is 18.7 Å². The Labute approximate surface area is 133 Å². The monoisotopic (exact) mass is 313 g/mol. The van der Waals surface area contributed by atoms with Crippen LogP contribution in [0.4, 0.5) is 10.1 Å². The predicted octanol–water partition coefficient (Wildman–Crippen LogP) is 1.97. The van der Waals surface area contributed by atoms with Gasteiger partial charge in [-0.05, 0) is 32.3 Å². The van der Waals surface area contributed by atoms with Crippen molar-refractivity contribution >= 4 is 17.3 Å². The molecule has 1 heterocycles. The smallest absolute Gasteiger partial charge is 0.198 e. The molecule has 1 N–H and O–H groups in total. The molecule has 0 spiro atoms. The minimum absolute atomic E-state index is 0.0807. The minimum atomic E-state index is -0.545. The highest BCUT2D eigenvalue weighted by molar-refractivity contribution is 6.30. The van der Waals surface area contributed by atoms with E-state index in [9.17, 15) is 14.0 Å². The molecule has 0 atom stereocenters. The van der Waals surface area contributed by atoms with Gasteiger partial charge in [0.15, 0.2) is 11.6 Å². The molecule has 1 aromatic carbocycles. The lowest BCUT2D eigenvalue weighted by Gasteiger charge is -2.21. The third-order valence-electron chi connectivity index (χ3n) is 3.80. The van der Waals surface area contributed by atoms with Crippen LogP contribution in [0.5, 0.6) is 0 Å². The molecule has 1 aliphatic rings. The number of likely N-dealkylation sites (N-methyl/N-ethyl adjacent to an activating group) is 1. The van der Waals surface area contributed by atoms with Gasteiger partial charge in [0.25, 0.3) is 0 Å². The molecule has 0 amide bonds. The second-order valence-corrected chi connectivity index (χ2v) is 5.65.